The molecule has 0 fully saturated rings. The fourth-order valence-electron chi connectivity index (χ4n) is 1.94. The summed E-state index contributed by atoms with van der Waals surface area (Å²) >= 11 is 0. The Bertz CT molecular complexity index is 1790. The molecule has 0 radical (unpaired) electrons. The van der Waals surface area contributed by atoms with Gasteiger partial charge in [-0.3, -0.25) is 0 Å². The lowest BCUT2D eigenvalue weighted by molar-refractivity contribution is -0.280. The largest absolute Gasteiger partial charge is 0.426 e. The SMILES string of the molecule is O=S(=O)(F)C(OOC(C(S(=O)(=O)F)(S(=O)(=O)F)S(=O)(=O)F)(S(=O)(=O)F)S(=O)(=O)F)=C(S(=O)(=O)F)S(=O)(=O)F. The number of hydrogen-bond donors (Lipinski definition) is 0. The summed E-state index contributed by atoms with van der Waals surface area (Å²) in [5.74, 6) is 0. The van der Waals surface area contributed by atoms with E-state index < -0.39 is 98.8 Å². The summed E-state index contributed by atoms with van der Waals surface area (Å²) in [6.45, 7) is 0. The topological polar surface area (TPSA) is 292 Å². The van der Waals surface area contributed by atoms with Crippen LogP contribution in [0.1, 0.15) is 0 Å². The van der Waals surface area contributed by atoms with Gasteiger partial charge < -0.3 is 4.89 Å². The third-order valence-electron chi connectivity index (χ3n) is 3.04. The molecular weight excluding hydrogens is 745 g/mol. The molecule has 0 aromatic carbocycles. The molecule has 0 saturated carbocycles. The molecule has 0 unspecified atom stereocenters. The summed E-state index contributed by atoms with van der Waals surface area (Å²) in [4.78, 5) is 4.42. The van der Waals surface area contributed by atoms with Crippen LogP contribution in [0.2, 0.25) is 0 Å². The average Bonchev–Trinajstić information content (AvgIpc) is 2.46. The van der Waals surface area contributed by atoms with Crippen molar-refractivity contribution in [2.75, 3.05) is 0 Å². The Morgan fingerprint density at radius 2 is 0.684 bits per heavy atom. The van der Waals surface area contributed by atoms with Gasteiger partial charge >= 0.3 is 94.6 Å². The minimum Gasteiger partial charge on any atom is -0.317 e. The van der Waals surface area contributed by atoms with Gasteiger partial charge in [-0.15, -0.1) is 24.3 Å². The lowest BCUT2D eigenvalue weighted by atomic mass is 10.8. The Balaban J connectivity index is 8.94. The highest BCUT2D eigenvalue weighted by Gasteiger charge is 2.93. The predicted octanol–water partition coefficient (Wildman–Crippen LogP) is -2.24. The van der Waals surface area contributed by atoms with E-state index in [4.69, 9.17) is 0 Å². The highest BCUT2D eigenvalue weighted by molar-refractivity contribution is 8.25. The molecule has 0 spiro atoms. The lowest BCUT2D eigenvalue weighted by Crippen LogP contribution is -2.71. The average molecular weight is 745 g/mol. The van der Waals surface area contributed by atoms with Gasteiger partial charge in [-0.05, 0) is 0 Å². The quantitative estimate of drug-likeness (QED) is 0.0671. The third kappa shape index (κ3) is 5.99. The molecule has 0 aliphatic carbocycles. The first kappa shape index (κ1) is 36.5. The Morgan fingerprint density at radius 1 is 0.421 bits per heavy atom. The van der Waals surface area contributed by atoms with Crippen LogP contribution in [0.15, 0.2) is 9.33 Å². The summed E-state index contributed by atoms with van der Waals surface area (Å²) in [6.07, 6.45) is 0. The van der Waals surface area contributed by atoms with Crippen LogP contribution in [0.3, 0.4) is 0 Å². The molecule has 0 saturated heterocycles. The van der Waals surface area contributed by atoms with Crippen molar-refractivity contribution in [2.24, 2.45) is 0 Å². The maximum atomic E-state index is 13.9. The smallest absolute Gasteiger partial charge is 0.317 e. The van der Waals surface area contributed by atoms with Gasteiger partial charge in [-0.1, -0.05) is 11.7 Å². The van der Waals surface area contributed by atoms with E-state index in [0.29, 0.717) is 0 Å². The third-order valence-corrected chi connectivity index (χ3v) is 16.8. The molecule has 0 N–H and O–H groups in total. The van der Waals surface area contributed by atoms with Crippen molar-refractivity contribution in [1.29, 1.82) is 0 Å². The second-order valence-electron chi connectivity index (χ2n) is 5.36. The van der Waals surface area contributed by atoms with Gasteiger partial charge in [0, 0.05) is 0 Å². The second kappa shape index (κ2) is 9.58. The van der Waals surface area contributed by atoms with Crippen LogP contribution in [0.25, 0.3) is 0 Å². The molecule has 0 aromatic rings. The van der Waals surface area contributed by atoms with Crippen LogP contribution in [-0.2, 0) is 91.6 Å². The van der Waals surface area contributed by atoms with Gasteiger partial charge in [0.15, 0.2) is 0 Å². The lowest BCUT2D eigenvalue weighted by Gasteiger charge is -2.33. The van der Waals surface area contributed by atoms with Crippen molar-refractivity contribution >= 4 is 81.8 Å². The molecule has 0 heterocycles. The van der Waals surface area contributed by atoms with Gasteiger partial charge in [0.25, 0.3) is 4.24 Å². The maximum absolute atomic E-state index is 13.9. The molecule has 228 valence electrons. The Labute approximate surface area is 206 Å². The van der Waals surface area contributed by atoms with E-state index in [2.05, 4.69) is 9.78 Å². The highest BCUT2D eigenvalue weighted by Crippen LogP contribution is 2.53. The van der Waals surface area contributed by atoms with E-state index >= 15 is 0 Å². The van der Waals surface area contributed by atoms with Gasteiger partial charge in [0.1, 0.15) is 0 Å². The van der Waals surface area contributed by atoms with E-state index in [1.807, 2.05) is 0 Å². The van der Waals surface area contributed by atoms with E-state index in [1.165, 1.54) is 0 Å². The molecule has 38 heavy (non-hydrogen) atoms. The standard InChI is InChI=1S/C4F8O18S8/c5-31(13,14)1(2(32(6,15)16)33(7,17)18)29-30-3(34(8,19)20,35(9,21)22)4(36(10,23)24,37(11,25)26)38(12,27)28. The molecule has 0 amide bonds. The monoisotopic (exact) mass is 744 g/mol. The first-order chi connectivity index (χ1) is 16.0. The number of rotatable bonds is 12. The molecule has 0 aliphatic heterocycles. The fraction of sp³-hybridized carbons (Fsp3) is 0.500. The summed E-state index contributed by atoms with van der Waals surface area (Å²) in [7, 11) is -68.5. The zero-order valence-corrected chi connectivity index (χ0v) is 22.2. The van der Waals surface area contributed by atoms with Crippen LogP contribution in [0, 0.1) is 0 Å². The van der Waals surface area contributed by atoms with Crippen molar-refractivity contribution in [3.63, 3.8) is 0 Å². The molecule has 0 rings (SSSR count). The van der Waals surface area contributed by atoms with Crippen LogP contribution in [-0.4, -0.2) is 75.0 Å². The zero-order chi connectivity index (χ0) is 31.6. The first-order valence-electron chi connectivity index (χ1n) is 6.61. The van der Waals surface area contributed by atoms with Gasteiger partial charge in [-0.25, -0.2) is 0 Å². The van der Waals surface area contributed by atoms with Crippen molar-refractivity contribution < 1.29 is 108 Å². The second-order valence-corrected chi connectivity index (χ2v) is 17.8. The molecule has 34 heteroatoms. The molecule has 0 aliphatic rings. The summed E-state index contributed by atoms with van der Waals surface area (Å²) in [5, 5.41) is -4.48. The summed E-state index contributed by atoms with van der Waals surface area (Å²) in [5.41, 5.74) is 0. The number of hydrogen-bond acceptors (Lipinski definition) is 18. The Morgan fingerprint density at radius 3 is 0.842 bits per heavy atom. The predicted molar refractivity (Wildman–Crippen MR) is 94.9 cm³/mol. The first-order valence-corrected chi connectivity index (χ1v) is 17.7. The maximum Gasteiger partial charge on any atom is 0.426 e. The van der Waals surface area contributed by atoms with Crippen molar-refractivity contribution in [3.05, 3.63) is 9.33 Å². The molecule has 0 aromatic heterocycles. The van der Waals surface area contributed by atoms with E-state index in [9.17, 15) is 98.4 Å². The van der Waals surface area contributed by atoms with E-state index in [0.717, 1.165) is 0 Å². The normalized spacial score (nSPS) is 15.6. The molecule has 18 nitrogen and oxygen atoms in total. The van der Waals surface area contributed by atoms with Crippen molar-refractivity contribution in [2.45, 2.75) is 7.68 Å². The molecule has 0 bridgehead atoms. The minimum atomic E-state index is -9.04. The fourth-order valence-corrected chi connectivity index (χ4v) is 14.1. The van der Waals surface area contributed by atoms with E-state index in [1.54, 1.807) is 0 Å². The zero-order valence-electron chi connectivity index (χ0n) is 15.6. The number of halogens is 8. The highest BCUT2D eigenvalue weighted by atomic mass is 32.4. The van der Waals surface area contributed by atoms with Crippen molar-refractivity contribution in [1.82, 2.24) is 0 Å². The Hall–Kier alpha value is -1.46. The van der Waals surface area contributed by atoms with Gasteiger partial charge in [-0.2, -0.15) is 67.3 Å². The summed E-state index contributed by atoms with van der Waals surface area (Å²) in [6, 6.07) is 0. The van der Waals surface area contributed by atoms with Crippen LogP contribution in [0.4, 0.5) is 31.1 Å². The molecule has 0 atom stereocenters. The van der Waals surface area contributed by atoms with Crippen LogP contribution in [0.5, 0.6) is 0 Å². The molecular formula is C4F8O18S8. The van der Waals surface area contributed by atoms with Crippen LogP contribution < -0.4 is 0 Å². The Kier molecular flexibility index (Phi) is 9.21. The van der Waals surface area contributed by atoms with Gasteiger partial charge in [0.2, 0.25) is 0 Å². The van der Waals surface area contributed by atoms with E-state index in [-0.39, 0.29) is 0 Å². The summed E-state index contributed by atoms with van der Waals surface area (Å²) < 4.78 is 265. The van der Waals surface area contributed by atoms with Crippen molar-refractivity contribution in [3.8, 4) is 0 Å². The minimum absolute atomic E-state index is 2.14. The van der Waals surface area contributed by atoms with Gasteiger partial charge in [0.05, 0.1) is 0 Å². The van der Waals surface area contributed by atoms with Crippen LogP contribution >= 0.6 is 0 Å².